The Morgan fingerprint density at radius 1 is 0.513 bits per heavy atom. The lowest BCUT2D eigenvalue weighted by molar-refractivity contribution is 0.332. The highest BCUT2D eigenvalue weighted by Gasteiger charge is 2.51. The molecule has 11 aromatic rings. The molecule has 0 radical (unpaired) electrons. The molecule has 0 amide bonds. The average molecular weight is 1010 g/mol. The first kappa shape index (κ1) is 46.3. The summed E-state index contributed by atoms with van der Waals surface area (Å²) in [7, 11) is 0. The molecule has 6 heteroatoms. The summed E-state index contributed by atoms with van der Waals surface area (Å²) in [5.74, 6) is 0. The topological polar surface area (TPSA) is 32.8 Å². The molecular formula is C70H65BN2O2S. The van der Waals surface area contributed by atoms with Gasteiger partial charge in [-0.3, -0.25) is 0 Å². The maximum atomic E-state index is 7.75. The second kappa shape index (κ2) is 16.0. The van der Waals surface area contributed by atoms with Crippen molar-refractivity contribution in [1.29, 1.82) is 0 Å². The Morgan fingerprint density at radius 2 is 1.11 bits per heavy atom. The van der Waals surface area contributed by atoms with Gasteiger partial charge in [-0.25, -0.2) is 0 Å². The molecule has 0 saturated carbocycles. The lowest BCUT2D eigenvalue weighted by Gasteiger charge is -2.44. The third-order valence-electron chi connectivity index (χ3n) is 18.9. The van der Waals surface area contributed by atoms with Crippen molar-refractivity contribution in [3.05, 3.63) is 173 Å². The normalized spacial score (nSPS) is 17.6. The average Bonchev–Trinajstić information content (AvgIpc) is 4.25. The van der Waals surface area contributed by atoms with Crippen molar-refractivity contribution >= 4 is 111 Å². The fraction of sp³-hybridized carbons (Fsp3) is 0.286. The molecule has 2 aliphatic heterocycles. The van der Waals surface area contributed by atoms with E-state index < -0.39 is 0 Å². The van der Waals surface area contributed by atoms with Crippen LogP contribution in [-0.2, 0) is 28.1 Å². The van der Waals surface area contributed by atoms with Gasteiger partial charge >= 0.3 is 6.85 Å². The van der Waals surface area contributed by atoms with Crippen molar-refractivity contribution in [2.45, 2.75) is 129 Å². The molecule has 4 aliphatic rings. The molecule has 4 nitrogen and oxygen atoms in total. The molecule has 15 rings (SSSR count). The van der Waals surface area contributed by atoms with Gasteiger partial charge in [-0.15, -0.1) is 11.3 Å². The smallest absolute Gasteiger partial charge is 0.376 e. The maximum absolute atomic E-state index is 7.75. The van der Waals surface area contributed by atoms with Crippen LogP contribution in [0.5, 0.6) is 0 Å². The Hall–Kier alpha value is -7.02. The summed E-state index contributed by atoms with van der Waals surface area (Å²) in [5.41, 5.74) is 22.8. The van der Waals surface area contributed by atoms with Gasteiger partial charge in [0.25, 0.3) is 0 Å². The monoisotopic (exact) mass is 1010 g/mol. The summed E-state index contributed by atoms with van der Waals surface area (Å²) >= 11 is 1.94. The summed E-state index contributed by atoms with van der Waals surface area (Å²) < 4.78 is 17.7. The zero-order chi connectivity index (χ0) is 51.8. The summed E-state index contributed by atoms with van der Waals surface area (Å²) in [6.07, 6.45) is 8.03. The van der Waals surface area contributed by atoms with Gasteiger partial charge in [0.1, 0.15) is 22.4 Å². The molecule has 0 bridgehead atoms. The molecule has 3 aromatic heterocycles. The van der Waals surface area contributed by atoms with E-state index in [0.29, 0.717) is 0 Å². The third kappa shape index (κ3) is 6.61. The highest BCUT2D eigenvalue weighted by Crippen LogP contribution is 2.56. The van der Waals surface area contributed by atoms with Crippen LogP contribution in [0.25, 0.3) is 75.3 Å². The number of thiophene rings is 1. The Labute approximate surface area is 451 Å². The standard InChI is InChI=1S/C70H65BN2O2S/c1-10-11-17-41-22-26-44(27-23-41)72-57-37-49-46-20-15-16-21-58(46)74-65(49)62-50-34-47-48-35-52-55(70(8,9)33-31-67(52,2)3)39-60(48)76-61(47)40-56(50)73(45-28-24-43(25-29-45)42-18-13-12-14-19-42)71(63(57)62)66-64(72)51-36-53-54(38-59(51)75-66)69(6,7)32-30-68(53,4)5/h12-16,18-29,34-40H,10-11,17,30-33H2,1-9H3. The first-order valence-corrected chi connectivity index (χ1v) is 28.9. The van der Waals surface area contributed by atoms with Crippen LogP contribution in [0.4, 0.5) is 28.4 Å². The number of unbranched alkanes of at least 4 members (excludes halogenated alkanes) is 1. The van der Waals surface area contributed by atoms with E-state index in [-0.39, 0.29) is 28.5 Å². The third-order valence-corrected chi connectivity index (χ3v) is 20.1. The Balaban J connectivity index is 1.09. The molecule has 0 spiro atoms. The minimum Gasteiger partial charge on any atom is -0.466 e. The van der Waals surface area contributed by atoms with Crippen molar-refractivity contribution in [3.63, 3.8) is 0 Å². The molecule has 0 unspecified atom stereocenters. The summed E-state index contributed by atoms with van der Waals surface area (Å²) in [6, 6.07) is 55.8. The van der Waals surface area contributed by atoms with E-state index in [1.807, 2.05) is 11.3 Å². The molecule has 5 heterocycles. The minimum atomic E-state index is -0.334. The van der Waals surface area contributed by atoms with E-state index in [2.05, 4.69) is 218 Å². The first-order valence-electron chi connectivity index (χ1n) is 28.1. The van der Waals surface area contributed by atoms with Gasteiger partial charge in [0.15, 0.2) is 0 Å². The highest BCUT2D eigenvalue weighted by atomic mass is 32.1. The number of hydrogen-bond acceptors (Lipinski definition) is 5. The van der Waals surface area contributed by atoms with E-state index in [9.17, 15) is 0 Å². The summed E-state index contributed by atoms with van der Waals surface area (Å²) in [5, 5.41) is 6.07. The van der Waals surface area contributed by atoms with Gasteiger partial charge in [-0.1, -0.05) is 142 Å². The van der Waals surface area contributed by atoms with Crippen molar-refractivity contribution in [2.75, 3.05) is 9.71 Å². The molecule has 0 atom stereocenters. The number of anilines is 5. The van der Waals surface area contributed by atoms with Gasteiger partial charge in [0.05, 0.1) is 5.69 Å². The van der Waals surface area contributed by atoms with E-state index in [1.54, 1.807) is 0 Å². The molecule has 0 N–H and O–H groups in total. The van der Waals surface area contributed by atoms with Crippen molar-refractivity contribution in [2.24, 2.45) is 0 Å². The van der Waals surface area contributed by atoms with Gasteiger partial charge in [-0.05, 0) is 177 Å². The molecule has 76 heavy (non-hydrogen) atoms. The highest BCUT2D eigenvalue weighted by molar-refractivity contribution is 7.26. The van der Waals surface area contributed by atoms with Gasteiger partial charge < -0.3 is 18.5 Å². The van der Waals surface area contributed by atoms with Crippen LogP contribution in [0.15, 0.2) is 154 Å². The van der Waals surface area contributed by atoms with E-state index in [4.69, 9.17) is 8.83 Å². The van der Waals surface area contributed by atoms with Gasteiger partial charge in [0.2, 0.25) is 0 Å². The molecule has 0 saturated heterocycles. The zero-order valence-electron chi connectivity index (χ0n) is 45.5. The van der Waals surface area contributed by atoms with Crippen molar-refractivity contribution in [1.82, 2.24) is 0 Å². The molecule has 8 aromatic carbocycles. The van der Waals surface area contributed by atoms with Crippen LogP contribution in [0.1, 0.15) is 129 Å². The molecule has 0 fully saturated rings. The number of rotatable bonds is 6. The number of hydrogen-bond donors (Lipinski definition) is 0. The lowest BCUT2D eigenvalue weighted by Crippen LogP contribution is -2.61. The second-order valence-corrected chi connectivity index (χ2v) is 26.6. The number of nitrogens with zero attached hydrogens (tertiary/aromatic N) is 2. The quantitative estimate of drug-likeness (QED) is 0.155. The number of benzene rings is 8. The first-order chi connectivity index (χ1) is 36.6. The fourth-order valence-electron chi connectivity index (χ4n) is 14.3. The van der Waals surface area contributed by atoms with Crippen LogP contribution in [0, 0.1) is 0 Å². The van der Waals surface area contributed by atoms with E-state index in [1.165, 1.54) is 101 Å². The Kier molecular flexibility index (Phi) is 9.76. The second-order valence-electron chi connectivity index (χ2n) is 25.6. The molecule has 2 aliphatic carbocycles. The fourth-order valence-corrected chi connectivity index (χ4v) is 15.4. The Morgan fingerprint density at radius 3 is 1.80 bits per heavy atom. The van der Waals surface area contributed by atoms with Crippen LogP contribution in [0.2, 0.25) is 0 Å². The van der Waals surface area contributed by atoms with Crippen LogP contribution < -0.4 is 20.8 Å². The lowest BCUT2D eigenvalue weighted by atomic mass is 9.45. The Bertz CT molecular complexity index is 4230. The number of para-hydroxylation sites is 1. The summed E-state index contributed by atoms with van der Waals surface area (Å²) in [4.78, 5) is 5.21. The van der Waals surface area contributed by atoms with Crippen molar-refractivity contribution in [3.8, 4) is 22.3 Å². The van der Waals surface area contributed by atoms with E-state index in [0.717, 1.165) is 86.4 Å². The summed E-state index contributed by atoms with van der Waals surface area (Å²) in [6.45, 7) is 21.5. The minimum absolute atomic E-state index is 0.00722. The molecular weight excluding hydrogens is 944 g/mol. The van der Waals surface area contributed by atoms with Crippen molar-refractivity contribution < 1.29 is 8.83 Å². The van der Waals surface area contributed by atoms with Crippen LogP contribution in [-0.4, -0.2) is 6.85 Å². The largest absolute Gasteiger partial charge is 0.466 e. The van der Waals surface area contributed by atoms with Gasteiger partial charge in [0, 0.05) is 70.2 Å². The van der Waals surface area contributed by atoms with Crippen LogP contribution >= 0.6 is 11.3 Å². The molecule has 376 valence electrons. The SMILES string of the molecule is CCCCc1ccc(N2c3cc4c(oc5ccccc54)c4c3B(c3oc5cc6c(cc5c32)C(C)(C)CCC6(C)C)N(c2ccc(-c3ccccc3)cc2)c2cc3sc5cc6c(cc5c3cc2-4)C(C)(C)CCC6(C)C)cc1. The van der Waals surface area contributed by atoms with Gasteiger partial charge in [-0.2, -0.15) is 0 Å². The zero-order valence-corrected chi connectivity index (χ0v) is 46.3. The van der Waals surface area contributed by atoms with E-state index >= 15 is 0 Å². The number of fused-ring (bicyclic) bond motifs is 15. The predicted molar refractivity (Wildman–Crippen MR) is 325 cm³/mol. The maximum Gasteiger partial charge on any atom is 0.376 e. The predicted octanol–water partition coefficient (Wildman–Crippen LogP) is 19.1. The number of aryl methyl sites for hydroxylation is 1. The number of furan rings is 2. The van der Waals surface area contributed by atoms with Crippen LogP contribution in [0.3, 0.4) is 0 Å².